The lowest BCUT2D eigenvalue weighted by Crippen LogP contribution is -2.33. The molecule has 0 saturated heterocycles. The van der Waals surface area contributed by atoms with Gasteiger partial charge in [-0.2, -0.15) is 5.10 Å². The summed E-state index contributed by atoms with van der Waals surface area (Å²) in [5.74, 6) is 1.70. The molecular formula is C24H19Br2ClN2O2. The van der Waals surface area contributed by atoms with Crippen LogP contribution >= 0.6 is 43.5 Å². The van der Waals surface area contributed by atoms with Crippen LogP contribution in [-0.2, 0) is 0 Å². The van der Waals surface area contributed by atoms with E-state index in [1.165, 1.54) is 0 Å². The maximum absolute atomic E-state index is 6.51. The third kappa shape index (κ3) is 3.97. The third-order valence-electron chi connectivity index (χ3n) is 5.46. The molecule has 0 aliphatic carbocycles. The Morgan fingerprint density at radius 1 is 1.10 bits per heavy atom. The van der Waals surface area contributed by atoms with Gasteiger partial charge in [0.2, 0.25) is 6.23 Å². The smallest absolute Gasteiger partial charge is 0.213 e. The van der Waals surface area contributed by atoms with Gasteiger partial charge >= 0.3 is 0 Å². The third-order valence-corrected chi connectivity index (χ3v) is 6.76. The molecule has 0 fully saturated rings. The van der Waals surface area contributed by atoms with Crippen LogP contribution in [0.2, 0.25) is 5.02 Å². The van der Waals surface area contributed by atoms with Gasteiger partial charge in [0.25, 0.3) is 0 Å². The van der Waals surface area contributed by atoms with Gasteiger partial charge in [-0.3, -0.25) is 0 Å². The minimum Gasteiger partial charge on any atom is -0.494 e. The van der Waals surface area contributed by atoms with Crippen LogP contribution in [0.15, 0.2) is 74.7 Å². The molecule has 0 radical (unpaired) electrons. The summed E-state index contributed by atoms with van der Waals surface area (Å²) in [4.78, 5) is 0. The SMILES string of the molecule is CCOc1ccc([C@H]2Oc3c(Br)cc(Br)cc3[C@H]3CC(c4ccc(Cl)cc4)=NN32)cc1. The van der Waals surface area contributed by atoms with Crippen LogP contribution in [0.3, 0.4) is 0 Å². The highest BCUT2D eigenvalue weighted by Gasteiger charge is 2.42. The van der Waals surface area contributed by atoms with Crippen LogP contribution in [0.25, 0.3) is 0 Å². The van der Waals surface area contributed by atoms with Gasteiger partial charge in [-0.15, -0.1) is 0 Å². The molecule has 0 aromatic heterocycles. The van der Waals surface area contributed by atoms with E-state index in [9.17, 15) is 0 Å². The van der Waals surface area contributed by atoms with Crippen molar-refractivity contribution in [1.29, 1.82) is 0 Å². The molecule has 2 atom stereocenters. The Balaban J connectivity index is 1.58. The summed E-state index contributed by atoms with van der Waals surface area (Å²) in [6.45, 7) is 2.62. The van der Waals surface area contributed by atoms with Crippen molar-refractivity contribution < 1.29 is 9.47 Å². The lowest BCUT2D eigenvalue weighted by molar-refractivity contribution is -0.0197. The van der Waals surface area contributed by atoms with Crippen LogP contribution in [-0.4, -0.2) is 17.3 Å². The van der Waals surface area contributed by atoms with E-state index < -0.39 is 0 Å². The molecule has 7 heteroatoms. The molecule has 31 heavy (non-hydrogen) atoms. The summed E-state index contributed by atoms with van der Waals surface area (Å²) < 4.78 is 14.0. The van der Waals surface area contributed by atoms with Crippen LogP contribution in [0, 0.1) is 0 Å². The van der Waals surface area contributed by atoms with E-state index in [2.05, 4.69) is 42.9 Å². The zero-order valence-electron chi connectivity index (χ0n) is 16.7. The van der Waals surface area contributed by atoms with E-state index in [1.807, 2.05) is 61.5 Å². The lowest BCUT2D eigenvalue weighted by Gasteiger charge is -2.38. The number of hydrogen-bond donors (Lipinski definition) is 0. The molecule has 4 nitrogen and oxygen atoms in total. The monoisotopic (exact) mass is 560 g/mol. The Morgan fingerprint density at radius 3 is 2.55 bits per heavy atom. The predicted molar refractivity (Wildman–Crippen MR) is 130 cm³/mol. The molecule has 0 spiro atoms. The molecular weight excluding hydrogens is 544 g/mol. The Kier molecular flexibility index (Phi) is 5.71. The molecule has 2 aliphatic rings. The van der Waals surface area contributed by atoms with Crippen molar-refractivity contribution in [2.75, 3.05) is 6.61 Å². The maximum atomic E-state index is 6.51. The molecule has 2 aliphatic heterocycles. The van der Waals surface area contributed by atoms with E-state index in [0.29, 0.717) is 11.6 Å². The second kappa shape index (κ2) is 8.49. The van der Waals surface area contributed by atoms with Gasteiger partial charge in [0.15, 0.2) is 0 Å². The normalized spacial score (nSPS) is 19.4. The molecule has 3 aromatic carbocycles. The fraction of sp³-hybridized carbons (Fsp3) is 0.208. The Labute approximate surface area is 203 Å². The van der Waals surface area contributed by atoms with Crippen molar-refractivity contribution >= 4 is 49.2 Å². The predicted octanol–water partition coefficient (Wildman–Crippen LogP) is 7.51. The van der Waals surface area contributed by atoms with Crippen LogP contribution < -0.4 is 9.47 Å². The first kappa shape index (κ1) is 20.9. The minimum atomic E-state index is -0.338. The molecule has 5 rings (SSSR count). The minimum absolute atomic E-state index is 0.0693. The summed E-state index contributed by atoms with van der Waals surface area (Å²) >= 11 is 13.4. The molecule has 0 amide bonds. The Bertz CT molecular complexity index is 1150. The second-order valence-electron chi connectivity index (χ2n) is 7.43. The average molecular weight is 563 g/mol. The number of benzene rings is 3. The van der Waals surface area contributed by atoms with Gasteiger partial charge in [-0.1, -0.05) is 39.7 Å². The van der Waals surface area contributed by atoms with Crippen molar-refractivity contribution in [2.24, 2.45) is 5.10 Å². The highest BCUT2D eigenvalue weighted by Crippen LogP contribution is 2.50. The first-order valence-electron chi connectivity index (χ1n) is 10.0. The topological polar surface area (TPSA) is 34.1 Å². The second-order valence-corrected chi connectivity index (χ2v) is 9.64. The molecule has 158 valence electrons. The number of halogens is 3. The molecule has 3 aromatic rings. The number of nitrogens with zero attached hydrogens (tertiary/aromatic N) is 2. The van der Waals surface area contributed by atoms with Crippen LogP contribution in [0.1, 0.15) is 42.3 Å². The fourth-order valence-corrected chi connectivity index (χ4v) is 5.52. The molecule has 0 N–H and O–H groups in total. The molecule has 0 bridgehead atoms. The van der Waals surface area contributed by atoms with Gasteiger partial charge in [0.05, 0.1) is 22.8 Å². The summed E-state index contributed by atoms with van der Waals surface area (Å²) in [6, 6.07) is 20.1. The number of ether oxygens (including phenoxy) is 2. The van der Waals surface area contributed by atoms with Crippen molar-refractivity contribution in [3.05, 3.63) is 91.3 Å². The van der Waals surface area contributed by atoms with Crippen LogP contribution in [0.4, 0.5) is 0 Å². The van der Waals surface area contributed by atoms with Gasteiger partial charge in [0, 0.05) is 27.0 Å². The average Bonchev–Trinajstić information content (AvgIpc) is 3.20. The summed E-state index contributed by atoms with van der Waals surface area (Å²) in [5, 5.41) is 7.79. The quantitative estimate of drug-likeness (QED) is 0.330. The summed E-state index contributed by atoms with van der Waals surface area (Å²) in [7, 11) is 0. The van der Waals surface area contributed by atoms with E-state index in [4.69, 9.17) is 26.2 Å². The van der Waals surface area contributed by atoms with Gasteiger partial charge in [-0.25, -0.2) is 5.01 Å². The number of fused-ring (bicyclic) bond motifs is 3. The van der Waals surface area contributed by atoms with Gasteiger partial charge in [-0.05, 0) is 76.9 Å². The highest BCUT2D eigenvalue weighted by atomic mass is 79.9. The number of rotatable bonds is 4. The van der Waals surface area contributed by atoms with Crippen molar-refractivity contribution in [1.82, 2.24) is 5.01 Å². The van der Waals surface area contributed by atoms with Gasteiger partial charge < -0.3 is 9.47 Å². The van der Waals surface area contributed by atoms with E-state index >= 15 is 0 Å². The van der Waals surface area contributed by atoms with Gasteiger partial charge in [0.1, 0.15) is 11.5 Å². The zero-order valence-corrected chi connectivity index (χ0v) is 20.6. The first-order chi connectivity index (χ1) is 15.0. The van der Waals surface area contributed by atoms with E-state index in [0.717, 1.165) is 49.3 Å². The number of hydrazone groups is 1. The molecule has 0 saturated carbocycles. The van der Waals surface area contributed by atoms with Crippen molar-refractivity contribution in [3.8, 4) is 11.5 Å². The Hall–Kier alpha value is -2.02. The summed E-state index contributed by atoms with van der Waals surface area (Å²) in [6.07, 6.45) is 0.449. The Morgan fingerprint density at radius 2 is 1.84 bits per heavy atom. The largest absolute Gasteiger partial charge is 0.494 e. The summed E-state index contributed by atoms with van der Waals surface area (Å²) in [5.41, 5.74) is 4.22. The number of hydrogen-bond acceptors (Lipinski definition) is 4. The fourth-order valence-electron chi connectivity index (χ4n) is 4.05. The maximum Gasteiger partial charge on any atom is 0.213 e. The van der Waals surface area contributed by atoms with Crippen molar-refractivity contribution in [3.63, 3.8) is 0 Å². The van der Waals surface area contributed by atoms with E-state index in [1.54, 1.807) is 0 Å². The molecule has 0 unspecified atom stereocenters. The molecule has 2 heterocycles. The lowest BCUT2D eigenvalue weighted by atomic mass is 9.96. The van der Waals surface area contributed by atoms with Crippen molar-refractivity contribution in [2.45, 2.75) is 25.6 Å². The zero-order chi connectivity index (χ0) is 21.5. The standard InChI is InChI=1S/C24H19Br2ClN2O2/c1-2-30-18-9-5-15(6-10-18)24-29-22(19-11-16(25)12-20(26)23(19)31-24)13-21(28-29)14-3-7-17(27)8-4-14/h3-12,22,24H,2,13H2,1H3/t22-,24-/m1/s1. The van der Waals surface area contributed by atoms with E-state index in [-0.39, 0.29) is 12.3 Å². The highest BCUT2D eigenvalue weighted by molar-refractivity contribution is 9.11. The van der Waals surface area contributed by atoms with Crippen LogP contribution in [0.5, 0.6) is 11.5 Å². The first-order valence-corrected chi connectivity index (χ1v) is 12.0.